The molecule has 0 atom stereocenters. The summed E-state index contributed by atoms with van der Waals surface area (Å²) < 4.78 is 26.8. The van der Waals surface area contributed by atoms with Gasteiger partial charge in [-0.25, -0.2) is 8.78 Å². The van der Waals surface area contributed by atoms with E-state index in [4.69, 9.17) is 0 Å². The lowest BCUT2D eigenvalue weighted by molar-refractivity contribution is 0.370. The number of benzene rings is 1. The number of likely N-dealkylation sites (tertiary alicyclic amines) is 1. The molecule has 1 fully saturated rings. The Bertz CT molecular complexity index is 541. The monoisotopic (exact) mass is 309 g/mol. The van der Waals surface area contributed by atoms with Crippen LogP contribution in [0.2, 0.25) is 0 Å². The zero-order chi connectivity index (χ0) is 16.2. The van der Waals surface area contributed by atoms with E-state index >= 15 is 0 Å². The Morgan fingerprint density at radius 1 is 1.36 bits per heavy atom. The molecule has 3 nitrogen and oxygen atoms in total. The summed E-state index contributed by atoms with van der Waals surface area (Å²) in [7, 11) is 0. The molecule has 1 heterocycles. The topological polar surface area (TPSA) is 27.6 Å². The van der Waals surface area contributed by atoms with E-state index in [1.165, 1.54) is 6.07 Å². The fraction of sp³-hybridized carbons (Fsp3) is 0.588. The predicted octanol–water partition coefficient (Wildman–Crippen LogP) is 3.20. The van der Waals surface area contributed by atoms with Crippen LogP contribution in [0.5, 0.6) is 0 Å². The zero-order valence-electron chi connectivity index (χ0n) is 13.6. The molecule has 1 aliphatic heterocycles. The van der Waals surface area contributed by atoms with Crippen LogP contribution in [0.25, 0.3) is 0 Å². The van der Waals surface area contributed by atoms with Gasteiger partial charge in [-0.15, -0.1) is 0 Å². The molecule has 0 saturated carbocycles. The Labute approximate surface area is 131 Å². The minimum Gasteiger partial charge on any atom is -0.357 e. The summed E-state index contributed by atoms with van der Waals surface area (Å²) in [6.07, 6.45) is 1.53. The SMILES string of the molecule is CCNC(=NCCc1cccc(F)c1F)N1CCC(C)(C)C1. The highest BCUT2D eigenvalue weighted by Crippen LogP contribution is 2.28. The molecule has 0 spiro atoms. The van der Waals surface area contributed by atoms with Crippen molar-refractivity contribution in [1.29, 1.82) is 0 Å². The van der Waals surface area contributed by atoms with E-state index in [2.05, 4.69) is 29.1 Å². The second-order valence-corrected chi connectivity index (χ2v) is 6.53. The standard InChI is InChI=1S/C17H25F2N3/c1-4-20-16(22-11-9-17(2,3)12-22)21-10-8-13-6-5-7-14(18)15(13)19/h5-7H,4,8-12H2,1-3H3,(H,20,21). The number of hydrogen-bond donors (Lipinski definition) is 1. The van der Waals surface area contributed by atoms with Gasteiger partial charge in [0, 0.05) is 26.2 Å². The smallest absolute Gasteiger partial charge is 0.193 e. The van der Waals surface area contributed by atoms with Gasteiger partial charge in [0.05, 0.1) is 0 Å². The number of nitrogens with zero attached hydrogens (tertiary/aromatic N) is 2. The largest absolute Gasteiger partial charge is 0.357 e. The first-order chi connectivity index (χ1) is 10.4. The van der Waals surface area contributed by atoms with E-state index < -0.39 is 11.6 Å². The molecule has 5 heteroatoms. The van der Waals surface area contributed by atoms with E-state index in [0.717, 1.165) is 38.1 Å². The van der Waals surface area contributed by atoms with E-state index in [0.29, 0.717) is 23.9 Å². The average molecular weight is 309 g/mol. The molecule has 1 saturated heterocycles. The Balaban J connectivity index is 2.00. The quantitative estimate of drug-likeness (QED) is 0.683. The van der Waals surface area contributed by atoms with Gasteiger partial charge in [0.1, 0.15) is 0 Å². The highest BCUT2D eigenvalue weighted by atomic mass is 19.2. The molecular weight excluding hydrogens is 284 g/mol. The Morgan fingerprint density at radius 2 is 2.14 bits per heavy atom. The maximum atomic E-state index is 13.6. The number of guanidine groups is 1. The predicted molar refractivity (Wildman–Crippen MR) is 86.0 cm³/mol. The molecule has 2 rings (SSSR count). The lowest BCUT2D eigenvalue weighted by Crippen LogP contribution is -2.40. The lowest BCUT2D eigenvalue weighted by atomic mass is 9.93. The van der Waals surface area contributed by atoms with Crippen LogP contribution in [-0.2, 0) is 6.42 Å². The third-order valence-electron chi connectivity index (χ3n) is 3.99. The first-order valence-electron chi connectivity index (χ1n) is 7.89. The van der Waals surface area contributed by atoms with E-state index in [1.807, 2.05) is 6.92 Å². The Kier molecular flexibility index (Phi) is 5.37. The Hall–Kier alpha value is -1.65. The van der Waals surface area contributed by atoms with Crippen molar-refractivity contribution in [3.8, 4) is 0 Å². The van der Waals surface area contributed by atoms with Crippen LogP contribution >= 0.6 is 0 Å². The van der Waals surface area contributed by atoms with Crippen molar-refractivity contribution in [2.24, 2.45) is 10.4 Å². The highest BCUT2D eigenvalue weighted by Gasteiger charge is 2.30. The van der Waals surface area contributed by atoms with Crippen molar-refractivity contribution in [2.75, 3.05) is 26.2 Å². The minimum atomic E-state index is -0.797. The van der Waals surface area contributed by atoms with Crippen LogP contribution in [0, 0.1) is 17.0 Å². The maximum Gasteiger partial charge on any atom is 0.193 e. The summed E-state index contributed by atoms with van der Waals surface area (Å²) >= 11 is 0. The normalized spacial score (nSPS) is 17.9. The van der Waals surface area contributed by atoms with Gasteiger partial charge >= 0.3 is 0 Å². The van der Waals surface area contributed by atoms with Gasteiger partial charge in [0.15, 0.2) is 17.6 Å². The number of rotatable bonds is 4. The van der Waals surface area contributed by atoms with Crippen molar-refractivity contribution in [3.05, 3.63) is 35.4 Å². The first-order valence-corrected chi connectivity index (χ1v) is 7.89. The van der Waals surface area contributed by atoms with Crippen molar-refractivity contribution in [1.82, 2.24) is 10.2 Å². The fourth-order valence-electron chi connectivity index (χ4n) is 2.74. The molecule has 0 radical (unpaired) electrons. The molecule has 22 heavy (non-hydrogen) atoms. The van der Waals surface area contributed by atoms with Crippen LogP contribution in [0.15, 0.2) is 23.2 Å². The van der Waals surface area contributed by atoms with Gasteiger partial charge < -0.3 is 10.2 Å². The second-order valence-electron chi connectivity index (χ2n) is 6.53. The highest BCUT2D eigenvalue weighted by molar-refractivity contribution is 5.80. The summed E-state index contributed by atoms with van der Waals surface area (Å²) in [5, 5.41) is 3.28. The van der Waals surface area contributed by atoms with Crippen LogP contribution in [0.4, 0.5) is 8.78 Å². The number of hydrogen-bond acceptors (Lipinski definition) is 1. The summed E-state index contributed by atoms with van der Waals surface area (Å²) in [6.45, 7) is 9.71. The molecule has 0 amide bonds. The van der Waals surface area contributed by atoms with Crippen molar-refractivity contribution >= 4 is 5.96 Å². The van der Waals surface area contributed by atoms with Crippen molar-refractivity contribution in [3.63, 3.8) is 0 Å². The van der Waals surface area contributed by atoms with E-state index in [1.54, 1.807) is 6.07 Å². The van der Waals surface area contributed by atoms with Gasteiger partial charge in [-0.1, -0.05) is 26.0 Å². The summed E-state index contributed by atoms with van der Waals surface area (Å²) in [6, 6.07) is 4.28. The summed E-state index contributed by atoms with van der Waals surface area (Å²) in [5.41, 5.74) is 0.673. The van der Waals surface area contributed by atoms with Crippen molar-refractivity contribution in [2.45, 2.75) is 33.6 Å². The molecule has 1 N–H and O–H groups in total. The molecular formula is C17H25F2N3. The van der Waals surface area contributed by atoms with Gasteiger partial charge in [-0.2, -0.15) is 0 Å². The summed E-state index contributed by atoms with van der Waals surface area (Å²) in [4.78, 5) is 6.81. The molecule has 1 aliphatic rings. The third kappa shape index (κ3) is 4.18. The molecule has 0 unspecified atom stereocenters. The van der Waals surface area contributed by atoms with E-state index in [-0.39, 0.29) is 0 Å². The number of nitrogens with one attached hydrogen (secondary N) is 1. The third-order valence-corrected chi connectivity index (χ3v) is 3.99. The number of halogens is 2. The van der Waals surface area contributed by atoms with Gasteiger partial charge in [-0.3, -0.25) is 4.99 Å². The zero-order valence-corrected chi connectivity index (χ0v) is 13.6. The van der Waals surface area contributed by atoms with Crippen LogP contribution in [0.3, 0.4) is 0 Å². The molecule has 0 bridgehead atoms. The fourth-order valence-corrected chi connectivity index (χ4v) is 2.74. The van der Waals surface area contributed by atoms with Gasteiger partial charge in [0.25, 0.3) is 0 Å². The molecule has 1 aromatic carbocycles. The molecule has 0 aromatic heterocycles. The van der Waals surface area contributed by atoms with Gasteiger partial charge in [-0.05, 0) is 36.8 Å². The van der Waals surface area contributed by atoms with Crippen LogP contribution < -0.4 is 5.32 Å². The van der Waals surface area contributed by atoms with E-state index in [9.17, 15) is 8.78 Å². The summed E-state index contributed by atoms with van der Waals surface area (Å²) in [5.74, 6) is -0.690. The molecule has 1 aromatic rings. The minimum absolute atomic E-state index is 0.296. The second kappa shape index (κ2) is 7.07. The first kappa shape index (κ1) is 16.7. The Morgan fingerprint density at radius 3 is 2.77 bits per heavy atom. The van der Waals surface area contributed by atoms with Crippen LogP contribution in [-0.4, -0.2) is 37.0 Å². The number of aliphatic imine (C=N–C) groups is 1. The van der Waals surface area contributed by atoms with Gasteiger partial charge in [0.2, 0.25) is 0 Å². The van der Waals surface area contributed by atoms with Crippen LogP contribution in [0.1, 0.15) is 32.8 Å². The molecule has 122 valence electrons. The lowest BCUT2D eigenvalue weighted by Gasteiger charge is -2.23. The maximum absolute atomic E-state index is 13.6. The molecule has 0 aliphatic carbocycles. The average Bonchev–Trinajstić information content (AvgIpc) is 2.82. The van der Waals surface area contributed by atoms with Crippen molar-refractivity contribution < 1.29 is 8.78 Å².